The van der Waals surface area contributed by atoms with Gasteiger partial charge >= 0.3 is 0 Å². The number of hydrogen-bond donors (Lipinski definition) is 2. The quantitative estimate of drug-likeness (QED) is 0.382. The molecule has 2 aliphatic heterocycles. The summed E-state index contributed by atoms with van der Waals surface area (Å²) in [5, 5.41) is 9.63. The summed E-state index contributed by atoms with van der Waals surface area (Å²) in [4.78, 5) is 17.9. The predicted molar refractivity (Wildman–Crippen MR) is 136 cm³/mol. The van der Waals surface area contributed by atoms with Crippen LogP contribution in [0.4, 0.5) is 21.8 Å². The standard InChI is InChI=1S/C26H24FN9O/c1-14-17(11-31-26-24(14)19(27)3-7-37-26)20-8-15-9-21(30-12-18(15)25(28)32-20)33-22-10-16-2-5-35-6-4-29-23(35)13-36(16)34-22/h4,6,8-12,19H,2-3,5,7,13H2,1H3,(H2,28,32)(H,30,33,34)/t19-/m1/s1. The van der Waals surface area contributed by atoms with E-state index in [0.717, 1.165) is 46.4 Å². The van der Waals surface area contributed by atoms with Crippen molar-refractivity contribution in [1.29, 1.82) is 0 Å². The van der Waals surface area contributed by atoms with Gasteiger partial charge in [-0.15, -0.1) is 0 Å². The van der Waals surface area contributed by atoms with Crippen LogP contribution in [-0.4, -0.2) is 40.9 Å². The van der Waals surface area contributed by atoms with Crippen LogP contribution in [0.25, 0.3) is 22.0 Å². The summed E-state index contributed by atoms with van der Waals surface area (Å²) in [5.41, 5.74) is 10.0. The van der Waals surface area contributed by atoms with Crippen LogP contribution in [0.2, 0.25) is 0 Å². The first-order valence-electron chi connectivity index (χ1n) is 12.2. The Morgan fingerprint density at radius 3 is 2.97 bits per heavy atom. The van der Waals surface area contributed by atoms with Crippen molar-refractivity contribution in [1.82, 2.24) is 34.3 Å². The van der Waals surface area contributed by atoms with Crippen LogP contribution in [0.15, 0.2) is 43.0 Å². The van der Waals surface area contributed by atoms with Crippen molar-refractivity contribution in [3.05, 3.63) is 65.6 Å². The molecule has 10 nitrogen and oxygen atoms in total. The van der Waals surface area contributed by atoms with Gasteiger partial charge in [0.15, 0.2) is 5.82 Å². The summed E-state index contributed by atoms with van der Waals surface area (Å²) in [6.45, 7) is 3.69. The van der Waals surface area contributed by atoms with E-state index in [4.69, 9.17) is 15.6 Å². The molecule has 0 unspecified atom stereocenters. The van der Waals surface area contributed by atoms with E-state index in [1.165, 1.54) is 0 Å². The molecule has 7 heterocycles. The molecular weight excluding hydrogens is 473 g/mol. The zero-order valence-corrected chi connectivity index (χ0v) is 20.1. The highest BCUT2D eigenvalue weighted by Gasteiger charge is 2.26. The van der Waals surface area contributed by atoms with E-state index in [-0.39, 0.29) is 0 Å². The van der Waals surface area contributed by atoms with Gasteiger partial charge in [0.05, 0.1) is 24.4 Å². The molecule has 3 N–H and O–H groups in total. The van der Waals surface area contributed by atoms with Gasteiger partial charge in [-0.3, -0.25) is 4.68 Å². The van der Waals surface area contributed by atoms with Crippen molar-refractivity contribution in [2.24, 2.45) is 0 Å². The number of nitrogens with two attached hydrogens (primary N) is 1. The van der Waals surface area contributed by atoms with Gasteiger partial charge in [-0.25, -0.2) is 24.3 Å². The van der Waals surface area contributed by atoms with Crippen LogP contribution in [0, 0.1) is 6.92 Å². The molecule has 0 aliphatic carbocycles. The fourth-order valence-corrected chi connectivity index (χ4v) is 5.17. The number of imidazole rings is 1. The largest absolute Gasteiger partial charge is 0.477 e. The molecule has 0 bridgehead atoms. The minimum atomic E-state index is -1.11. The molecule has 5 aromatic rings. The number of nitrogens with one attached hydrogen (secondary N) is 1. The van der Waals surface area contributed by atoms with Crippen LogP contribution in [0.5, 0.6) is 5.88 Å². The average Bonchev–Trinajstić information content (AvgIpc) is 3.45. The van der Waals surface area contributed by atoms with Crippen molar-refractivity contribution in [3.63, 3.8) is 0 Å². The summed E-state index contributed by atoms with van der Waals surface area (Å²) in [7, 11) is 0. The number of alkyl halides is 1. The van der Waals surface area contributed by atoms with Gasteiger partial charge in [-0.2, -0.15) is 5.10 Å². The molecular formula is C26H24FN9O. The predicted octanol–water partition coefficient (Wildman–Crippen LogP) is 4.12. The maximum atomic E-state index is 14.7. The molecule has 0 aromatic carbocycles. The molecule has 11 heteroatoms. The van der Waals surface area contributed by atoms with Crippen molar-refractivity contribution < 1.29 is 9.13 Å². The number of aromatic nitrogens is 7. The molecule has 7 rings (SSSR count). The second-order valence-electron chi connectivity index (χ2n) is 9.39. The Morgan fingerprint density at radius 2 is 2.05 bits per heavy atom. The number of pyridine rings is 3. The molecule has 0 radical (unpaired) electrons. The molecule has 5 aromatic heterocycles. The zero-order valence-electron chi connectivity index (χ0n) is 20.1. The number of halogens is 1. The summed E-state index contributed by atoms with van der Waals surface area (Å²) in [5.74, 6) is 3.04. The lowest BCUT2D eigenvalue weighted by Crippen LogP contribution is -2.14. The molecule has 2 aliphatic rings. The van der Waals surface area contributed by atoms with Gasteiger partial charge in [0.1, 0.15) is 23.6 Å². The maximum absolute atomic E-state index is 14.7. The van der Waals surface area contributed by atoms with E-state index in [2.05, 4.69) is 29.8 Å². The maximum Gasteiger partial charge on any atom is 0.219 e. The molecule has 0 saturated carbocycles. The highest BCUT2D eigenvalue weighted by atomic mass is 19.1. The fraction of sp³-hybridized carbons (Fsp3) is 0.269. The zero-order chi connectivity index (χ0) is 25.1. The molecule has 1 atom stereocenters. The van der Waals surface area contributed by atoms with Gasteiger partial charge in [0.2, 0.25) is 5.88 Å². The number of hydrogen-bond acceptors (Lipinski definition) is 8. The van der Waals surface area contributed by atoms with Crippen molar-refractivity contribution in [2.45, 2.75) is 39.0 Å². The van der Waals surface area contributed by atoms with Crippen LogP contribution in [0.3, 0.4) is 0 Å². The first-order chi connectivity index (χ1) is 18.0. The first-order valence-corrected chi connectivity index (χ1v) is 12.2. The Morgan fingerprint density at radius 1 is 1.14 bits per heavy atom. The lowest BCUT2D eigenvalue weighted by molar-refractivity contribution is 0.192. The third-order valence-corrected chi connectivity index (χ3v) is 7.11. The number of aryl methyl sites for hydroxylation is 2. The van der Waals surface area contributed by atoms with Crippen molar-refractivity contribution in [2.75, 3.05) is 17.7 Å². The van der Waals surface area contributed by atoms with Crippen LogP contribution < -0.4 is 15.8 Å². The number of anilines is 3. The number of rotatable bonds is 3. The highest BCUT2D eigenvalue weighted by molar-refractivity contribution is 5.95. The van der Waals surface area contributed by atoms with Crippen LogP contribution >= 0.6 is 0 Å². The Labute approximate surface area is 211 Å². The fourth-order valence-electron chi connectivity index (χ4n) is 5.17. The van der Waals surface area contributed by atoms with Gasteiger partial charge in [-0.1, -0.05) is 0 Å². The lowest BCUT2D eigenvalue weighted by Gasteiger charge is -2.22. The lowest BCUT2D eigenvalue weighted by atomic mass is 9.96. The Balaban J connectivity index is 1.22. The summed E-state index contributed by atoms with van der Waals surface area (Å²) in [6, 6.07) is 5.88. The second kappa shape index (κ2) is 8.26. The van der Waals surface area contributed by atoms with E-state index in [0.29, 0.717) is 54.2 Å². The number of ether oxygens (including phenoxy) is 1. The topological polar surface area (TPSA) is 122 Å². The van der Waals surface area contributed by atoms with E-state index in [1.54, 1.807) is 12.4 Å². The number of fused-ring (bicyclic) bond motifs is 4. The first kappa shape index (κ1) is 21.7. The monoisotopic (exact) mass is 497 g/mol. The smallest absolute Gasteiger partial charge is 0.219 e. The molecule has 37 heavy (non-hydrogen) atoms. The van der Waals surface area contributed by atoms with Gasteiger partial charge in [0, 0.05) is 66.9 Å². The summed E-state index contributed by atoms with van der Waals surface area (Å²) in [6.07, 6.45) is 7.26. The van der Waals surface area contributed by atoms with Crippen LogP contribution in [0.1, 0.15) is 35.2 Å². The number of nitrogen functional groups attached to an aromatic ring is 1. The minimum Gasteiger partial charge on any atom is -0.477 e. The van der Waals surface area contributed by atoms with E-state index in [1.807, 2.05) is 42.2 Å². The van der Waals surface area contributed by atoms with E-state index in [9.17, 15) is 4.39 Å². The van der Waals surface area contributed by atoms with E-state index < -0.39 is 6.17 Å². The minimum absolute atomic E-state index is 0.313. The van der Waals surface area contributed by atoms with Crippen LogP contribution in [-0.2, 0) is 19.5 Å². The SMILES string of the molecule is Cc1c(-c2cc3cc(Nc4cc5n(n4)Cc4nccn4CC5)ncc3c(N)n2)cnc2c1[C@H](F)CCO2. The molecule has 0 spiro atoms. The summed E-state index contributed by atoms with van der Waals surface area (Å²) < 4.78 is 24.4. The van der Waals surface area contributed by atoms with Gasteiger partial charge < -0.3 is 20.4 Å². The summed E-state index contributed by atoms with van der Waals surface area (Å²) >= 11 is 0. The highest BCUT2D eigenvalue weighted by Crippen LogP contribution is 2.39. The molecule has 0 fully saturated rings. The third-order valence-electron chi connectivity index (χ3n) is 7.11. The average molecular weight is 498 g/mol. The Kier molecular flexibility index (Phi) is 4.85. The van der Waals surface area contributed by atoms with Crippen molar-refractivity contribution in [3.8, 4) is 17.1 Å². The van der Waals surface area contributed by atoms with Crippen molar-refractivity contribution >= 4 is 28.2 Å². The molecule has 0 saturated heterocycles. The number of nitrogens with zero attached hydrogens (tertiary/aromatic N) is 7. The van der Waals surface area contributed by atoms with E-state index >= 15 is 0 Å². The molecule has 186 valence electrons. The Bertz CT molecular complexity index is 1670. The Hall–Kier alpha value is -4.54. The third kappa shape index (κ3) is 3.65. The molecule has 0 amide bonds. The normalized spacial score (nSPS) is 16.4. The second-order valence-corrected chi connectivity index (χ2v) is 9.39. The van der Waals surface area contributed by atoms with Gasteiger partial charge in [0.25, 0.3) is 0 Å². The van der Waals surface area contributed by atoms with Gasteiger partial charge in [-0.05, 0) is 30.0 Å².